The van der Waals surface area contributed by atoms with E-state index in [0.29, 0.717) is 12.1 Å². The normalized spacial score (nSPS) is 11.0. The summed E-state index contributed by atoms with van der Waals surface area (Å²) in [7, 11) is -3.96. The van der Waals surface area contributed by atoms with Crippen LogP contribution < -0.4 is 4.31 Å². The maximum absolute atomic E-state index is 12.9. The predicted octanol–water partition coefficient (Wildman–Crippen LogP) is 3.47. The lowest BCUT2D eigenvalue weighted by atomic mass is 10.1. The third kappa shape index (κ3) is 3.51. The van der Waals surface area contributed by atoms with Crippen molar-refractivity contribution in [3.05, 3.63) is 72.3 Å². The van der Waals surface area contributed by atoms with Crippen molar-refractivity contribution in [3.8, 4) is 0 Å². The third-order valence-electron chi connectivity index (χ3n) is 3.42. The topological polar surface area (TPSA) is 54.5 Å². The second-order valence-corrected chi connectivity index (χ2v) is 7.01. The molecule has 0 N–H and O–H groups in total. The van der Waals surface area contributed by atoms with Crippen LogP contribution in [0.1, 0.15) is 18.1 Å². The highest BCUT2D eigenvalue weighted by atomic mass is 32.2. The molecule has 2 rings (SSSR count). The Hall–Kier alpha value is -2.40. The summed E-state index contributed by atoms with van der Waals surface area (Å²) in [6, 6.07) is 13.4. The SMILES string of the molecule is C=CCc1ccccc1N(C(C)=O)S(=O)(=O)c1ccc(C)cc1. The van der Waals surface area contributed by atoms with Gasteiger partial charge in [-0.15, -0.1) is 6.58 Å². The maximum atomic E-state index is 12.9. The van der Waals surface area contributed by atoms with Crippen LogP contribution in [0.5, 0.6) is 0 Å². The van der Waals surface area contributed by atoms with Crippen molar-refractivity contribution in [2.45, 2.75) is 25.2 Å². The molecular weight excluding hydrogens is 310 g/mol. The fourth-order valence-electron chi connectivity index (χ4n) is 2.32. The number of carbonyl (C=O) groups is 1. The van der Waals surface area contributed by atoms with E-state index in [2.05, 4.69) is 6.58 Å². The van der Waals surface area contributed by atoms with Gasteiger partial charge in [-0.3, -0.25) is 4.79 Å². The van der Waals surface area contributed by atoms with Gasteiger partial charge in [0.05, 0.1) is 10.6 Å². The van der Waals surface area contributed by atoms with Crippen LogP contribution in [-0.2, 0) is 21.2 Å². The summed E-state index contributed by atoms with van der Waals surface area (Å²) in [4.78, 5) is 12.2. The number of aryl methyl sites for hydroxylation is 1. The van der Waals surface area contributed by atoms with Gasteiger partial charge in [-0.2, -0.15) is 0 Å². The van der Waals surface area contributed by atoms with Gasteiger partial charge >= 0.3 is 0 Å². The van der Waals surface area contributed by atoms with Gasteiger partial charge in [-0.1, -0.05) is 42.0 Å². The van der Waals surface area contributed by atoms with Crippen LogP contribution in [0.15, 0.2) is 66.1 Å². The molecule has 5 heteroatoms. The number of benzene rings is 2. The molecule has 23 heavy (non-hydrogen) atoms. The number of hydrogen-bond donors (Lipinski definition) is 0. The minimum atomic E-state index is -3.96. The Morgan fingerprint density at radius 2 is 1.74 bits per heavy atom. The molecular formula is C18H19NO3S. The third-order valence-corrected chi connectivity index (χ3v) is 5.22. The molecule has 0 saturated heterocycles. The quantitative estimate of drug-likeness (QED) is 0.789. The fourth-order valence-corrected chi connectivity index (χ4v) is 3.79. The van der Waals surface area contributed by atoms with Crippen LogP contribution in [0.25, 0.3) is 0 Å². The first-order chi connectivity index (χ1) is 10.9. The van der Waals surface area contributed by atoms with Gasteiger partial charge in [0.2, 0.25) is 5.91 Å². The largest absolute Gasteiger partial charge is 0.274 e. The lowest BCUT2D eigenvalue weighted by Gasteiger charge is -2.23. The molecule has 0 spiro atoms. The van der Waals surface area contributed by atoms with Crippen LogP contribution in [0, 0.1) is 6.92 Å². The Balaban J connectivity index is 2.61. The van der Waals surface area contributed by atoms with Gasteiger partial charge in [-0.05, 0) is 37.1 Å². The van der Waals surface area contributed by atoms with Crippen LogP contribution in [0.2, 0.25) is 0 Å². The number of allylic oxidation sites excluding steroid dienone is 1. The van der Waals surface area contributed by atoms with E-state index < -0.39 is 15.9 Å². The molecule has 0 saturated carbocycles. The number of para-hydroxylation sites is 1. The van der Waals surface area contributed by atoms with Crippen molar-refractivity contribution in [1.82, 2.24) is 0 Å². The van der Waals surface area contributed by atoms with Crippen molar-refractivity contribution in [1.29, 1.82) is 0 Å². The zero-order valence-electron chi connectivity index (χ0n) is 13.2. The van der Waals surface area contributed by atoms with Crippen LogP contribution in [-0.4, -0.2) is 14.3 Å². The first kappa shape index (κ1) is 17.0. The first-order valence-corrected chi connectivity index (χ1v) is 8.63. The summed E-state index contributed by atoms with van der Waals surface area (Å²) in [5, 5.41) is 0. The summed E-state index contributed by atoms with van der Waals surface area (Å²) in [6.07, 6.45) is 2.15. The Labute approximate surface area is 137 Å². The summed E-state index contributed by atoms with van der Waals surface area (Å²) in [5.74, 6) is -0.554. The smallest absolute Gasteiger partial charge is 0.270 e. The van der Waals surface area contributed by atoms with Gasteiger partial charge in [0, 0.05) is 6.92 Å². The van der Waals surface area contributed by atoms with Gasteiger partial charge in [-0.25, -0.2) is 12.7 Å². The molecule has 0 atom stereocenters. The van der Waals surface area contributed by atoms with E-state index in [0.717, 1.165) is 15.4 Å². The zero-order chi connectivity index (χ0) is 17.0. The highest BCUT2D eigenvalue weighted by Gasteiger charge is 2.29. The van der Waals surface area contributed by atoms with E-state index in [-0.39, 0.29) is 4.90 Å². The molecule has 0 bridgehead atoms. The maximum Gasteiger partial charge on any atom is 0.270 e. The number of rotatable bonds is 5. The summed E-state index contributed by atoms with van der Waals surface area (Å²) in [6.45, 7) is 6.80. The molecule has 120 valence electrons. The molecule has 0 unspecified atom stereocenters. The number of anilines is 1. The Kier molecular flexibility index (Phi) is 5.01. The molecule has 0 aromatic heterocycles. The Bertz CT molecular complexity index is 824. The summed E-state index contributed by atoms with van der Waals surface area (Å²) < 4.78 is 26.7. The zero-order valence-corrected chi connectivity index (χ0v) is 14.0. The van der Waals surface area contributed by atoms with E-state index in [1.165, 1.54) is 19.1 Å². The van der Waals surface area contributed by atoms with E-state index in [9.17, 15) is 13.2 Å². The monoisotopic (exact) mass is 329 g/mol. The van der Waals surface area contributed by atoms with Gasteiger partial charge in [0.15, 0.2) is 0 Å². The highest BCUT2D eigenvalue weighted by molar-refractivity contribution is 7.93. The average Bonchev–Trinajstić information content (AvgIpc) is 2.49. The Morgan fingerprint density at radius 1 is 1.13 bits per heavy atom. The second-order valence-electron chi connectivity index (χ2n) is 5.22. The molecule has 4 nitrogen and oxygen atoms in total. The minimum absolute atomic E-state index is 0.0895. The number of amides is 1. The number of nitrogens with zero attached hydrogens (tertiary/aromatic N) is 1. The van der Waals surface area contributed by atoms with Gasteiger partial charge < -0.3 is 0 Å². The molecule has 0 aliphatic carbocycles. The number of sulfonamides is 1. The van der Waals surface area contributed by atoms with Crippen LogP contribution in [0.4, 0.5) is 5.69 Å². The van der Waals surface area contributed by atoms with Gasteiger partial charge in [0.25, 0.3) is 10.0 Å². The van der Waals surface area contributed by atoms with Crippen LogP contribution in [0.3, 0.4) is 0 Å². The molecule has 0 aliphatic heterocycles. The van der Waals surface area contributed by atoms with Crippen molar-refractivity contribution in [3.63, 3.8) is 0 Å². The molecule has 0 radical (unpaired) electrons. The second kappa shape index (κ2) is 6.79. The molecule has 2 aromatic carbocycles. The lowest BCUT2D eigenvalue weighted by molar-refractivity contribution is -0.115. The highest BCUT2D eigenvalue weighted by Crippen LogP contribution is 2.28. The van der Waals surface area contributed by atoms with Crippen LogP contribution >= 0.6 is 0 Å². The van der Waals surface area contributed by atoms with Crippen molar-refractivity contribution in [2.75, 3.05) is 4.31 Å². The molecule has 1 amide bonds. The van der Waals surface area contributed by atoms with E-state index in [1.807, 2.05) is 6.92 Å². The summed E-state index contributed by atoms with van der Waals surface area (Å²) >= 11 is 0. The van der Waals surface area contributed by atoms with Crippen molar-refractivity contribution < 1.29 is 13.2 Å². The molecule has 0 aliphatic rings. The lowest BCUT2D eigenvalue weighted by Crippen LogP contribution is -2.35. The van der Waals surface area contributed by atoms with Gasteiger partial charge in [0.1, 0.15) is 0 Å². The summed E-state index contributed by atoms with van der Waals surface area (Å²) in [5.41, 5.74) is 2.04. The van der Waals surface area contributed by atoms with Crippen molar-refractivity contribution in [2.24, 2.45) is 0 Å². The minimum Gasteiger partial charge on any atom is -0.274 e. The number of hydrogen-bond acceptors (Lipinski definition) is 3. The molecule has 0 heterocycles. The van der Waals surface area contributed by atoms with E-state index >= 15 is 0 Å². The predicted molar refractivity (Wildman–Crippen MR) is 91.9 cm³/mol. The van der Waals surface area contributed by atoms with E-state index in [4.69, 9.17) is 0 Å². The van der Waals surface area contributed by atoms with Crippen molar-refractivity contribution >= 4 is 21.6 Å². The molecule has 0 fully saturated rings. The Morgan fingerprint density at radius 3 is 2.30 bits per heavy atom. The average molecular weight is 329 g/mol. The standard InChI is InChI=1S/C18H19NO3S/c1-4-7-16-8-5-6-9-18(16)19(15(3)20)23(21,22)17-12-10-14(2)11-13-17/h4-6,8-13H,1,7H2,2-3H3. The molecule has 2 aromatic rings. The number of carbonyl (C=O) groups excluding carboxylic acids is 1. The fraction of sp³-hybridized carbons (Fsp3) is 0.167. The first-order valence-electron chi connectivity index (χ1n) is 7.19. The van der Waals surface area contributed by atoms with E-state index in [1.54, 1.807) is 42.5 Å².